The van der Waals surface area contributed by atoms with Gasteiger partial charge in [0, 0.05) is 37.0 Å². The van der Waals surface area contributed by atoms with E-state index in [2.05, 4.69) is 29.6 Å². The minimum Gasteiger partial charge on any atom is -0.398 e. The largest absolute Gasteiger partial charge is 0.398 e. The first kappa shape index (κ1) is 14.2. The van der Waals surface area contributed by atoms with Gasteiger partial charge in [0.1, 0.15) is 6.07 Å². The van der Waals surface area contributed by atoms with Crippen LogP contribution in [-0.4, -0.2) is 0 Å². The molecule has 1 heterocycles. The molecule has 0 saturated carbocycles. The zero-order valence-electron chi connectivity index (χ0n) is 13.2. The second-order valence-electron chi connectivity index (χ2n) is 6.03. The number of anilines is 3. The number of nitrogens with two attached hydrogens (primary N) is 1. The van der Waals surface area contributed by atoms with Crippen molar-refractivity contribution in [3.8, 4) is 6.07 Å². The molecule has 25 heavy (non-hydrogen) atoms. The molecule has 0 amide bonds. The molecular weight excluding hydrogens is 326 g/mol. The highest BCUT2D eigenvalue weighted by molar-refractivity contribution is 7.99. The molecule has 0 aliphatic carbocycles. The zero-order chi connectivity index (χ0) is 17.0. The number of hydrogen-bond acceptors (Lipinski definition) is 4. The number of rotatable bonds is 0. The van der Waals surface area contributed by atoms with Gasteiger partial charge in [-0.15, -0.1) is 0 Å². The summed E-state index contributed by atoms with van der Waals surface area (Å²) in [6.07, 6.45) is 0. The summed E-state index contributed by atoms with van der Waals surface area (Å²) in [6, 6.07) is 22.5. The monoisotopic (exact) mass is 339 g/mol. The second kappa shape index (κ2) is 5.17. The third kappa shape index (κ3) is 1.93. The highest BCUT2D eigenvalue weighted by atomic mass is 32.2. The number of fused-ring (bicyclic) bond motifs is 5. The maximum absolute atomic E-state index is 9.77. The number of nitrogens with zero attached hydrogens (tertiary/aromatic N) is 1. The molecule has 4 aromatic carbocycles. The summed E-state index contributed by atoms with van der Waals surface area (Å²) in [7, 11) is 0. The number of benzene rings is 4. The Labute approximate surface area is 149 Å². The molecule has 0 bridgehead atoms. The van der Waals surface area contributed by atoms with Crippen LogP contribution >= 0.6 is 11.8 Å². The molecule has 0 unspecified atom stereocenters. The Morgan fingerprint density at radius 1 is 0.840 bits per heavy atom. The van der Waals surface area contributed by atoms with Crippen LogP contribution in [0.2, 0.25) is 0 Å². The predicted octanol–water partition coefficient (Wildman–Crippen LogP) is 5.66. The lowest BCUT2D eigenvalue weighted by atomic mass is 9.94. The van der Waals surface area contributed by atoms with Crippen LogP contribution < -0.4 is 11.1 Å². The standard InChI is InChI=1S/C21H13N3S/c22-11-15-12-5-1-2-6-14(12)20(23)19-13(15)9-10-18-21(19)24-16-7-3-4-8-17(16)25-18/h1-10,24H,23H2. The lowest BCUT2D eigenvalue weighted by molar-refractivity contribution is 1.33. The molecule has 3 nitrogen and oxygen atoms in total. The van der Waals surface area contributed by atoms with E-state index in [1.54, 1.807) is 11.8 Å². The zero-order valence-corrected chi connectivity index (χ0v) is 14.0. The van der Waals surface area contributed by atoms with E-state index in [1.165, 1.54) is 4.90 Å². The third-order valence-corrected chi connectivity index (χ3v) is 5.81. The first-order chi connectivity index (χ1) is 12.3. The van der Waals surface area contributed by atoms with E-state index in [0.29, 0.717) is 11.3 Å². The number of nitrogen functional groups attached to an aromatic ring is 1. The van der Waals surface area contributed by atoms with Crippen LogP contribution in [0, 0.1) is 11.3 Å². The van der Waals surface area contributed by atoms with Gasteiger partial charge in [-0.25, -0.2) is 0 Å². The minimum atomic E-state index is 0.674. The smallest absolute Gasteiger partial charge is 0.100 e. The fourth-order valence-electron chi connectivity index (χ4n) is 3.53. The molecule has 0 spiro atoms. The molecule has 1 aliphatic heterocycles. The van der Waals surface area contributed by atoms with Gasteiger partial charge >= 0.3 is 0 Å². The van der Waals surface area contributed by atoms with E-state index in [4.69, 9.17) is 5.73 Å². The quantitative estimate of drug-likeness (QED) is 0.282. The van der Waals surface area contributed by atoms with Crippen LogP contribution in [0.25, 0.3) is 21.5 Å². The Hall–Kier alpha value is -3.16. The Kier molecular flexibility index (Phi) is 2.94. The van der Waals surface area contributed by atoms with Gasteiger partial charge < -0.3 is 11.1 Å². The van der Waals surface area contributed by atoms with Gasteiger partial charge in [0.25, 0.3) is 0 Å². The molecule has 0 aromatic heterocycles. The Morgan fingerprint density at radius 2 is 1.60 bits per heavy atom. The van der Waals surface area contributed by atoms with Gasteiger partial charge in [-0.05, 0) is 18.2 Å². The topological polar surface area (TPSA) is 61.8 Å². The molecule has 4 aromatic rings. The van der Waals surface area contributed by atoms with E-state index in [-0.39, 0.29) is 0 Å². The van der Waals surface area contributed by atoms with Gasteiger partial charge in [-0.3, -0.25) is 0 Å². The highest BCUT2D eigenvalue weighted by Crippen LogP contribution is 2.49. The van der Waals surface area contributed by atoms with Crippen LogP contribution in [-0.2, 0) is 0 Å². The summed E-state index contributed by atoms with van der Waals surface area (Å²) >= 11 is 1.72. The van der Waals surface area contributed by atoms with E-state index in [0.717, 1.165) is 37.8 Å². The maximum atomic E-state index is 9.77. The molecule has 0 saturated heterocycles. The van der Waals surface area contributed by atoms with Crippen molar-refractivity contribution in [3.63, 3.8) is 0 Å². The van der Waals surface area contributed by atoms with Gasteiger partial charge in [-0.2, -0.15) is 5.26 Å². The Morgan fingerprint density at radius 3 is 2.44 bits per heavy atom. The van der Waals surface area contributed by atoms with Crippen LogP contribution in [0.4, 0.5) is 17.1 Å². The first-order valence-electron chi connectivity index (χ1n) is 7.99. The number of hydrogen-bond donors (Lipinski definition) is 2. The van der Waals surface area contributed by atoms with Crippen LogP contribution in [0.1, 0.15) is 5.56 Å². The number of para-hydroxylation sites is 1. The number of nitriles is 1. The van der Waals surface area contributed by atoms with E-state index in [9.17, 15) is 5.26 Å². The molecule has 0 atom stereocenters. The SMILES string of the molecule is N#Cc1c2ccccc2c(N)c2c3c(ccc12)Sc1ccccc1N3. The fourth-order valence-corrected chi connectivity index (χ4v) is 4.53. The summed E-state index contributed by atoms with van der Waals surface area (Å²) in [6.45, 7) is 0. The highest BCUT2D eigenvalue weighted by Gasteiger charge is 2.21. The molecule has 5 rings (SSSR count). The minimum absolute atomic E-state index is 0.674. The summed E-state index contributed by atoms with van der Waals surface area (Å²) in [5.41, 5.74) is 10.0. The molecule has 3 N–H and O–H groups in total. The second-order valence-corrected chi connectivity index (χ2v) is 7.11. The summed E-state index contributed by atoms with van der Waals surface area (Å²) in [4.78, 5) is 2.31. The van der Waals surface area contributed by atoms with Crippen LogP contribution in [0.15, 0.2) is 70.5 Å². The summed E-state index contributed by atoms with van der Waals surface area (Å²) < 4.78 is 0. The summed E-state index contributed by atoms with van der Waals surface area (Å²) in [5, 5.41) is 16.9. The Bertz CT molecular complexity index is 1220. The van der Waals surface area contributed by atoms with Crippen molar-refractivity contribution in [3.05, 3.63) is 66.2 Å². The van der Waals surface area contributed by atoms with Crippen LogP contribution in [0.5, 0.6) is 0 Å². The lowest BCUT2D eigenvalue weighted by Gasteiger charge is -2.24. The average Bonchev–Trinajstić information content (AvgIpc) is 2.66. The van der Waals surface area contributed by atoms with E-state index < -0.39 is 0 Å². The maximum Gasteiger partial charge on any atom is 0.100 e. The molecular formula is C21H13N3S. The van der Waals surface area contributed by atoms with Crippen molar-refractivity contribution in [1.82, 2.24) is 0 Å². The fraction of sp³-hybridized carbons (Fsp3) is 0. The average molecular weight is 339 g/mol. The summed E-state index contributed by atoms with van der Waals surface area (Å²) in [5.74, 6) is 0. The number of nitrogens with one attached hydrogen (secondary N) is 1. The van der Waals surface area contributed by atoms with Crippen molar-refractivity contribution in [2.45, 2.75) is 9.79 Å². The third-order valence-electron chi connectivity index (χ3n) is 4.67. The van der Waals surface area contributed by atoms with Gasteiger partial charge in [-0.1, -0.05) is 54.2 Å². The molecule has 0 radical (unpaired) electrons. The van der Waals surface area contributed by atoms with Gasteiger partial charge in [0.15, 0.2) is 0 Å². The van der Waals surface area contributed by atoms with Gasteiger partial charge in [0.2, 0.25) is 0 Å². The van der Waals surface area contributed by atoms with Crippen LogP contribution in [0.3, 0.4) is 0 Å². The lowest BCUT2D eigenvalue weighted by Crippen LogP contribution is -2.03. The van der Waals surface area contributed by atoms with Crippen molar-refractivity contribution in [2.75, 3.05) is 11.1 Å². The van der Waals surface area contributed by atoms with Crippen molar-refractivity contribution in [2.24, 2.45) is 0 Å². The predicted molar refractivity (Wildman–Crippen MR) is 104 cm³/mol. The molecule has 0 fully saturated rings. The van der Waals surface area contributed by atoms with Crippen molar-refractivity contribution in [1.29, 1.82) is 5.26 Å². The first-order valence-corrected chi connectivity index (χ1v) is 8.80. The van der Waals surface area contributed by atoms with Crippen molar-refractivity contribution < 1.29 is 0 Å². The normalized spacial score (nSPS) is 12.3. The van der Waals surface area contributed by atoms with Gasteiger partial charge in [0.05, 0.1) is 16.9 Å². The van der Waals surface area contributed by atoms with Crippen molar-refractivity contribution >= 4 is 50.4 Å². The Balaban J connectivity index is 1.92. The molecule has 1 aliphatic rings. The molecule has 4 heteroatoms. The van der Waals surface area contributed by atoms with E-state index >= 15 is 0 Å². The van der Waals surface area contributed by atoms with E-state index in [1.807, 2.05) is 42.5 Å². The molecule has 118 valence electrons.